The second kappa shape index (κ2) is 7.07. The number of anilines is 1. The minimum absolute atomic E-state index is 0.0336. The van der Waals surface area contributed by atoms with E-state index in [9.17, 15) is 4.79 Å². The summed E-state index contributed by atoms with van der Waals surface area (Å²) < 4.78 is 0. The van der Waals surface area contributed by atoms with Crippen LogP contribution < -0.4 is 10.6 Å². The first-order valence-corrected chi connectivity index (χ1v) is 6.24. The molecule has 3 heteroatoms. The summed E-state index contributed by atoms with van der Waals surface area (Å²) in [4.78, 5) is 11.0. The largest absolute Gasteiger partial charge is 0.326 e. The number of amides is 1. The van der Waals surface area contributed by atoms with Crippen molar-refractivity contribution in [1.82, 2.24) is 5.32 Å². The molecule has 0 aliphatic carbocycles. The summed E-state index contributed by atoms with van der Waals surface area (Å²) in [5, 5.41) is 6.27. The van der Waals surface area contributed by atoms with Crippen LogP contribution in [0.1, 0.15) is 45.2 Å². The van der Waals surface area contributed by atoms with Crippen LogP contribution in [0.15, 0.2) is 24.3 Å². The highest BCUT2D eigenvalue weighted by molar-refractivity contribution is 5.88. The molecule has 0 aliphatic heterocycles. The molecule has 0 aromatic heterocycles. The Kier molecular flexibility index (Phi) is 5.70. The molecule has 0 aliphatic rings. The average Bonchev–Trinajstić information content (AvgIpc) is 2.28. The molecule has 0 saturated carbocycles. The third-order valence-corrected chi connectivity index (χ3v) is 2.69. The van der Waals surface area contributed by atoms with E-state index in [-0.39, 0.29) is 5.91 Å². The second-order valence-corrected chi connectivity index (χ2v) is 4.34. The minimum Gasteiger partial charge on any atom is -0.326 e. The van der Waals surface area contributed by atoms with Crippen molar-refractivity contribution in [1.29, 1.82) is 0 Å². The van der Waals surface area contributed by atoms with Crippen LogP contribution in [-0.4, -0.2) is 12.5 Å². The lowest BCUT2D eigenvalue weighted by Gasteiger charge is -2.15. The number of nitrogens with one attached hydrogen (secondary N) is 2. The highest BCUT2D eigenvalue weighted by Gasteiger charge is 2.05. The van der Waals surface area contributed by atoms with Gasteiger partial charge in [0.1, 0.15) is 0 Å². The van der Waals surface area contributed by atoms with Gasteiger partial charge in [-0.05, 0) is 37.6 Å². The monoisotopic (exact) mass is 234 g/mol. The molecule has 0 radical (unpaired) electrons. The van der Waals surface area contributed by atoms with Gasteiger partial charge in [-0.2, -0.15) is 0 Å². The lowest BCUT2D eigenvalue weighted by Crippen LogP contribution is -2.19. The molecular formula is C14H22N2O. The predicted octanol–water partition coefficient (Wildman–Crippen LogP) is 3.10. The maximum atomic E-state index is 11.0. The molecule has 1 unspecified atom stereocenters. The Balaban J connectivity index is 2.60. The maximum Gasteiger partial charge on any atom is 0.221 e. The quantitative estimate of drug-likeness (QED) is 0.743. The Morgan fingerprint density at radius 2 is 2.18 bits per heavy atom. The summed E-state index contributed by atoms with van der Waals surface area (Å²) in [5.74, 6) is -0.0336. The molecule has 1 aromatic rings. The average molecular weight is 234 g/mol. The summed E-state index contributed by atoms with van der Waals surface area (Å²) in [6, 6.07) is 8.29. The van der Waals surface area contributed by atoms with Gasteiger partial charge in [-0.3, -0.25) is 4.79 Å². The van der Waals surface area contributed by atoms with Crippen molar-refractivity contribution in [2.45, 2.75) is 39.7 Å². The van der Waals surface area contributed by atoms with Gasteiger partial charge in [-0.1, -0.05) is 25.5 Å². The van der Waals surface area contributed by atoms with Crippen molar-refractivity contribution in [3.8, 4) is 0 Å². The van der Waals surface area contributed by atoms with E-state index in [1.807, 2.05) is 18.2 Å². The highest BCUT2D eigenvalue weighted by atomic mass is 16.1. The van der Waals surface area contributed by atoms with Crippen LogP contribution in [-0.2, 0) is 4.79 Å². The molecule has 0 saturated heterocycles. The zero-order valence-corrected chi connectivity index (χ0v) is 10.9. The summed E-state index contributed by atoms with van der Waals surface area (Å²) in [6.07, 6.45) is 2.39. The number of hydrogen-bond donors (Lipinski definition) is 2. The molecule has 0 spiro atoms. The Bertz CT molecular complexity index is 363. The van der Waals surface area contributed by atoms with Gasteiger partial charge in [-0.25, -0.2) is 0 Å². The Morgan fingerprint density at radius 3 is 2.82 bits per heavy atom. The number of hydrogen-bond acceptors (Lipinski definition) is 2. The van der Waals surface area contributed by atoms with E-state index in [1.54, 1.807) is 0 Å². The van der Waals surface area contributed by atoms with E-state index in [1.165, 1.54) is 25.3 Å². The summed E-state index contributed by atoms with van der Waals surface area (Å²) in [7, 11) is 0. The smallest absolute Gasteiger partial charge is 0.221 e. The van der Waals surface area contributed by atoms with Gasteiger partial charge in [0.05, 0.1) is 0 Å². The van der Waals surface area contributed by atoms with Gasteiger partial charge in [0.25, 0.3) is 0 Å². The van der Waals surface area contributed by atoms with E-state index in [0.29, 0.717) is 6.04 Å². The standard InChI is InChI=1S/C14H22N2O/c1-4-5-9-15-11(2)13-7-6-8-14(10-13)16-12(3)17/h6-8,10-11,15H,4-5,9H2,1-3H3,(H,16,17). The molecule has 1 rings (SSSR count). The molecule has 1 aromatic carbocycles. The first kappa shape index (κ1) is 13.7. The van der Waals surface area contributed by atoms with Crippen molar-refractivity contribution in [2.24, 2.45) is 0 Å². The lowest BCUT2D eigenvalue weighted by molar-refractivity contribution is -0.114. The number of carbonyl (C=O) groups is 1. The van der Waals surface area contributed by atoms with E-state index in [2.05, 4.69) is 30.5 Å². The molecular weight excluding hydrogens is 212 g/mol. The summed E-state index contributed by atoms with van der Waals surface area (Å²) in [5.41, 5.74) is 2.06. The number of rotatable bonds is 6. The van der Waals surface area contributed by atoms with Gasteiger partial charge in [-0.15, -0.1) is 0 Å². The van der Waals surface area contributed by atoms with E-state index >= 15 is 0 Å². The summed E-state index contributed by atoms with van der Waals surface area (Å²) in [6.45, 7) is 6.88. The molecule has 0 heterocycles. The van der Waals surface area contributed by atoms with E-state index in [0.717, 1.165) is 12.2 Å². The maximum absolute atomic E-state index is 11.0. The highest BCUT2D eigenvalue weighted by Crippen LogP contribution is 2.17. The van der Waals surface area contributed by atoms with Crippen LogP contribution in [0, 0.1) is 0 Å². The van der Waals surface area contributed by atoms with Crippen molar-refractivity contribution in [2.75, 3.05) is 11.9 Å². The predicted molar refractivity (Wildman–Crippen MR) is 72.1 cm³/mol. The third-order valence-electron chi connectivity index (χ3n) is 2.69. The first-order valence-electron chi connectivity index (χ1n) is 6.24. The van der Waals surface area contributed by atoms with Crippen molar-refractivity contribution < 1.29 is 4.79 Å². The molecule has 17 heavy (non-hydrogen) atoms. The van der Waals surface area contributed by atoms with E-state index < -0.39 is 0 Å². The zero-order valence-electron chi connectivity index (χ0n) is 10.9. The Hall–Kier alpha value is -1.35. The molecule has 0 fully saturated rings. The van der Waals surface area contributed by atoms with Crippen molar-refractivity contribution >= 4 is 11.6 Å². The fraction of sp³-hybridized carbons (Fsp3) is 0.500. The van der Waals surface area contributed by atoms with Crippen LogP contribution in [0.4, 0.5) is 5.69 Å². The molecule has 94 valence electrons. The molecule has 1 atom stereocenters. The Labute approximate surface area is 104 Å². The van der Waals surface area contributed by atoms with Crippen LogP contribution in [0.5, 0.6) is 0 Å². The first-order chi connectivity index (χ1) is 8.13. The van der Waals surface area contributed by atoms with Gasteiger partial charge in [0.2, 0.25) is 5.91 Å². The fourth-order valence-electron chi connectivity index (χ4n) is 1.70. The van der Waals surface area contributed by atoms with Gasteiger partial charge in [0, 0.05) is 18.7 Å². The van der Waals surface area contributed by atoms with Crippen LogP contribution in [0.25, 0.3) is 0 Å². The zero-order chi connectivity index (χ0) is 12.7. The SMILES string of the molecule is CCCCNC(C)c1cccc(NC(C)=O)c1. The third kappa shape index (κ3) is 5.00. The molecule has 3 nitrogen and oxygen atoms in total. The lowest BCUT2D eigenvalue weighted by atomic mass is 10.1. The van der Waals surface area contributed by atoms with Gasteiger partial charge in [0.15, 0.2) is 0 Å². The Morgan fingerprint density at radius 1 is 1.41 bits per heavy atom. The van der Waals surface area contributed by atoms with Crippen molar-refractivity contribution in [3.05, 3.63) is 29.8 Å². The molecule has 0 bridgehead atoms. The second-order valence-electron chi connectivity index (χ2n) is 4.34. The van der Waals surface area contributed by atoms with Gasteiger partial charge < -0.3 is 10.6 Å². The molecule has 1 amide bonds. The van der Waals surface area contributed by atoms with Crippen LogP contribution in [0.3, 0.4) is 0 Å². The fourth-order valence-corrected chi connectivity index (χ4v) is 1.70. The van der Waals surface area contributed by atoms with E-state index in [4.69, 9.17) is 0 Å². The minimum atomic E-state index is -0.0336. The molecule has 2 N–H and O–H groups in total. The van der Waals surface area contributed by atoms with Crippen LogP contribution >= 0.6 is 0 Å². The normalized spacial score (nSPS) is 12.2. The van der Waals surface area contributed by atoms with Crippen LogP contribution in [0.2, 0.25) is 0 Å². The number of unbranched alkanes of at least 4 members (excludes halogenated alkanes) is 1. The number of benzene rings is 1. The topological polar surface area (TPSA) is 41.1 Å². The summed E-state index contributed by atoms with van der Waals surface area (Å²) >= 11 is 0. The van der Waals surface area contributed by atoms with Crippen molar-refractivity contribution in [3.63, 3.8) is 0 Å². The number of carbonyl (C=O) groups excluding carboxylic acids is 1. The van der Waals surface area contributed by atoms with Gasteiger partial charge >= 0.3 is 0 Å².